The van der Waals surface area contributed by atoms with Gasteiger partial charge in [0, 0.05) is 17.9 Å². The molecule has 2 aromatic carbocycles. The molecule has 0 saturated heterocycles. The first-order valence-corrected chi connectivity index (χ1v) is 11.7. The lowest BCUT2D eigenvalue weighted by molar-refractivity contribution is -0.387. The summed E-state index contributed by atoms with van der Waals surface area (Å²) in [5.41, 5.74) is 0.770. The number of fused-ring (bicyclic) bond motifs is 1. The maximum atomic E-state index is 12.7. The van der Waals surface area contributed by atoms with Crippen molar-refractivity contribution in [1.29, 1.82) is 0 Å². The highest BCUT2D eigenvalue weighted by Crippen LogP contribution is 2.33. The SMILES string of the molecule is Cc1ccc(S(=O)(=O)Oc2ccc3nc(C4=NC(C)CS4)sc3c2)c([N+](=O)[O-])c1. The molecule has 29 heavy (non-hydrogen) atoms. The van der Waals surface area contributed by atoms with Gasteiger partial charge in [-0.15, -0.1) is 23.1 Å². The summed E-state index contributed by atoms with van der Waals surface area (Å²) in [5, 5.41) is 12.9. The van der Waals surface area contributed by atoms with E-state index in [-0.39, 0.29) is 11.8 Å². The number of nitrogens with zero attached hydrogens (tertiary/aromatic N) is 3. The van der Waals surface area contributed by atoms with Gasteiger partial charge in [0.05, 0.1) is 21.2 Å². The van der Waals surface area contributed by atoms with Crippen LogP contribution in [-0.4, -0.2) is 35.2 Å². The molecule has 2 heterocycles. The van der Waals surface area contributed by atoms with Crippen LogP contribution in [0.3, 0.4) is 0 Å². The zero-order valence-electron chi connectivity index (χ0n) is 15.4. The fraction of sp³-hybridized carbons (Fsp3) is 0.222. The van der Waals surface area contributed by atoms with Crippen LogP contribution in [-0.2, 0) is 10.1 Å². The molecule has 0 aliphatic carbocycles. The molecule has 0 fully saturated rings. The Morgan fingerprint density at radius 1 is 1.24 bits per heavy atom. The molecule has 0 saturated carbocycles. The number of aryl methyl sites for hydroxylation is 1. The van der Waals surface area contributed by atoms with E-state index in [1.54, 1.807) is 30.8 Å². The molecule has 0 bridgehead atoms. The van der Waals surface area contributed by atoms with Crippen LogP contribution in [0.2, 0.25) is 0 Å². The molecule has 8 nitrogen and oxygen atoms in total. The Balaban J connectivity index is 1.67. The van der Waals surface area contributed by atoms with Crippen LogP contribution in [0.5, 0.6) is 5.75 Å². The van der Waals surface area contributed by atoms with Gasteiger partial charge in [0.15, 0.2) is 4.90 Å². The minimum Gasteiger partial charge on any atom is -0.379 e. The van der Waals surface area contributed by atoms with Gasteiger partial charge in [-0.3, -0.25) is 15.1 Å². The van der Waals surface area contributed by atoms with Crippen molar-refractivity contribution in [2.24, 2.45) is 4.99 Å². The van der Waals surface area contributed by atoms with Crippen molar-refractivity contribution in [1.82, 2.24) is 4.98 Å². The fourth-order valence-electron chi connectivity index (χ4n) is 2.79. The van der Waals surface area contributed by atoms with E-state index in [2.05, 4.69) is 9.98 Å². The Hall–Kier alpha value is -2.50. The predicted molar refractivity (Wildman–Crippen MR) is 114 cm³/mol. The number of hydrogen-bond acceptors (Lipinski definition) is 9. The third-order valence-electron chi connectivity index (χ3n) is 4.13. The standard InChI is InChI=1S/C18H15N3O5S3/c1-10-3-6-16(14(7-10)21(22)23)29(24,25)26-12-4-5-13-15(8-12)28-18(20-13)17-19-11(2)9-27-17/h3-8,11H,9H2,1-2H3. The second-order valence-corrected chi connectivity index (χ2v) is 10.1. The van der Waals surface area contributed by atoms with Crippen molar-refractivity contribution in [2.45, 2.75) is 24.8 Å². The zero-order chi connectivity index (χ0) is 20.8. The predicted octanol–water partition coefficient (Wildman–Crippen LogP) is 4.16. The van der Waals surface area contributed by atoms with Crippen LogP contribution in [0.25, 0.3) is 10.2 Å². The van der Waals surface area contributed by atoms with Gasteiger partial charge < -0.3 is 4.18 Å². The first-order valence-electron chi connectivity index (χ1n) is 8.54. The topological polar surface area (TPSA) is 112 Å². The summed E-state index contributed by atoms with van der Waals surface area (Å²) in [7, 11) is -4.38. The largest absolute Gasteiger partial charge is 0.379 e. The molecule has 0 amide bonds. The molecule has 1 aromatic heterocycles. The molecule has 150 valence electrons. The fourth-order valence-corrected chi connectivity index (χ4v) is 5.95. The number of nitro groups is 1. The summed E-state index contributed by atoms with van der Waals surface area (Å²) >= 11 is 3.04. The van der Waals surface area contributed by atoms with E-state index in [0.29, 0.717) is 11.1 Å². The number of benzene rings is 2. The van der Waals surface area contributed by atoms with Crippen LogP contribution in [0, 0.1) is 17.0 Å². The van der Waals surface area contributed by atoms with Gasteiger partial charge in [0.2, 0.25) is 0 Å². The average molecular weight is 450 g/mol. The Bertz CT molecular complexity index is 1270. The monoisotopic (exact) mass is 449 g/mol. The Kier molecular flexibility index (Phi) is 5.05. The van der Waals surface area contributed by atoms with E-state index in [0.717, 1.165) is 20.5 Å². The molecular weight excluding hydrogens is 434 g/mol. The number of aromatic nitrogens is 1. The molecular formula is C18H15N3O5S3. The van der Waals surface area contributed by atoms with Crippen molar-refractivity contribution in [3.63, 3.8) is 0 Å². The summed E-state index contributed by atoms with van der Waals surface area (Å²) in [4.78, 5) is 19.1. The van der Waals surface area contributed by atoms with Gasteiger partial charge in [-0.25, -0.2) is 4.98 Å². The number of thioether (sulfide) groups is 1. The second kappa shape index (κ2) is 7.39. The van der Waals surface area contributed by atoms with Gasteiger partial charge in [-0.05, 0) is 37.6 Å². The smallest absolute Gasteiger partial charge is 0.346 e. The van der Waals surface area contributed by atoms with Crippen LogP contribution in [0.4, 0.5) is 5.69 Å². The number of aliphatic imine (C=N–C) groups is 1. The van der Waals surface area contributed by atoms with Crippen LogP contribution in [0.15, 0.2) is 46.3 Å². The minimum atomic E-state index is -4.38. The third kappa shape index (κ3) is 3.98. The van der Waals surface area contributed by atoms with Crippen molar-refractivity contribution in [3.8, 4) is 5.75 Å². The molecule has 0 N–H and O–H groups in total. The van der Waals surface area contributed by atoms with Crippen LogP contribution < -0.4 is 4.18 Å². The van der Waals surface area contributed by atoms with Crippen molar-refractivity contribution in [2.75, 3.05) is 5.75 Å². The Morgan fingerprint density at radius 2 is 2.03 bits per heavy atom. The second-order valence-electron chi connectivity index (χ2n) is 6.51. The van der Waals surface area contributed by atoms with E-state index < -0.39 is 25.6 Å². The van der Waals surface area contributed by atoms with Crippen LogP contribution >= 0.6 is 23.1 Å². The third-order valence-corrected chi connectivity index (χ3v) is 7.80. The highest BCUT2D eigenvalue weighted by molar-refractivity contribution is 8.15. The zero-order valence-corrected chi connectivity index (χ0v) is 17.8. The summed E-state index contributed by atoms with van der Waals surface area (Å²) in [5.74, 6) is 0.977. The molecule has 0 spiro atoms. The van der Waals surface area contributed by atoms with Gasteiger partial charge in [-0.2, -0.15) is 8.42 Å². The summed E-state index contributed by atoms with van der Waals surface area (Å²) < 4.78 is 31.3. The lowest BCUT2D eigenvalue weighted by atomic mass is 10.2. The van der Waals surface area contributed by atoms with E-state index in [4.69, 9.17) is 4.18 Å². The number of nitro benzene ring substituents is 1. The molecule has 11 heteroatoms. The molecule has 3 aromatic rings. The minimum absolute atomic E-state index is 0.0666. The number of rotatable bonds is 5. The molecule has 1 unspecified atom stereocenters. The Labute approximate surface area is 174 Å². The highest BCUT2D eigenvalue weighted by Gasteiger charge is 2.28. The lowest BCUT2D eigenvalue weighted by Gasteiger charge is -2.08. The summed E-state index contributed by atoms with van der Waals surface area (Å²) in [6.45, 7) is 3.68. The normalized spacial score (nSPS) is 16.8. The van der Waals surface area contributed by atoms with E-state index in [9.17, 15) is 18.5 Å². The maximum absolute atomic E-state index is 12.7. The molecule has 4 rings (SSSR count). The number of thiazole rings is 1. The summed E-state index contributed by atoms with van der Waals surface area (Å²) in [6, 6.07) is 8.83. The van der Waals surface area contributed by atoms with Gasteiger partial charge in [0.25, 0.3) is 5.69 Å². The van der Waals surface area contributed by atoms with E-state index >= 15 is 0 Å². The first-order chi connectivity index (χ1) is 13.7. The molecule has 1 aliphatic rings. The van der Waals surface area contributed by atoms with E-state index in [1.807, 2.05) is 6.92 Å². The molecule has 1 aliphatic heterocycles. The average Bonchev–Trinajstić information content (AvgIpc) is 3.26. The van der Waals surface area contributed by atoms with Gasteiger partial charge >= 0.3 is 10.1 Å². The molecule has 1 atom stereocenters. The van der Waals surface area contributed by atoms with Gasteiger partial charge in [-0.1, -0.05) is 6.07 Å². The van der Waals surface area contributed by atoms with Crippen molar-refractivity contribution >= 4 is 54.2 Å². The van der Waals surface area contributed by atoms with Crippen molar-refractivity contribution < 1.29 is 17.5 Å². The van der Waals surface area contributed by atoms with E-state index in [1.165, 1.54) is 35.6 Å². The highest BCUT2D eigenvalue weighted by atomic mass is 32.2. The Morgan fingerprint density at radius 3 is 2.72 bits per heavy atom. The number of hydrogen-bond donors (Lipinski definition) is 0. The first kappa shape index (κ1) is 19.8. The van der Waals surface area contributed by atoms with Crippen molar-refractivity contribution in [3.05, 3.63) is 57.1 Å². The van der Waals surface area contributed by atoms with Gasteiger partial charge in [0.1, 0.15) is 15.8 Å². The van der Waals surface area contributed by atoms with Crippen LogP contribution in [0.1, 0.15) is 17.5 Å². The summed E-state index contributed by atoms with van der Waals surface area (Å²) in [6.07, 6.45) is 0. The molecule has 0 radical (unpaired) electrons. The lowest BCUT2D eigenvalue weighted by Crippen LogP contribution is -2.12. The maximum Gasteiger partial charge on any atom is 0.346 e. The quantitative estimate of drug-likeness (QED) is 0.326.